The van der Waals surface area contributed by atoms with E-state index < -0.39 is 41.8 Å². The molecule has 0 bridgehead atoms. The Labute approximate surface area is 213 Å². The first-order valence-corrected chi connectivity index (χ1v) is 12.1. The van der Waals surface area contributed by atoms with Crippen LogP contribution >= 0.6 is 0 Å². The van der Waals surface area contributed by atoms with Crippen LogP contribution in [0.1, 0.15) is 31.5 Å². The van der Waals surface area contributed by atoms with Gasteiger partial charge in [0.2, 0.25) is 17.7 Å². The average Bonchev–Trinajstić information content (AvgIpc) is 3.55. The number of para-hydroxylation sites is 1. The Kier molecular flexibility index (Phi) is 9.39. The number of nitrogens with zero attached hydrogens (tertiary/aromatic N) is 1. The van der Waals surface area contributed by atoms with Crippen LogP contribution in [0.15, 0.2) is 43.0 Å². The molecule has 0 saturated heterocycles. The first-order chi connectivity index (χ1) is 17.7. The fraction of sp³-hybridized carbons (Fsp3) is 0.400. The second-order valence-corrected chi connectivity index (χ2v) is 8.99. The Hall–Kier alpha value is -4.19. The van der Waals surface area contributed by atoms with Crippen molar-refractivity contribution in [1.29, 1.82) is 0 Å². The van der Waals surface area contributed by atoms with Gasteiger partial charge in [-0.1, -0.05) is 38.5 Å². The van der Waals surface area contributed by atoms with E-state index in [1.54, 1.807) is 6.20 Å². The number of aliphatic carboxylic acids is 1. The van der Waals surface area contributed by atoms with Crippen LogP contribution in [0.3, 0.4) is 0 Å². The number of amides is 3. The minimum Gasteiger partial charge on any atom is -0.480 e. The largest absolute Gasteiger partial charge is 0.480 e. The van der Waals surface area contributed by atoms with Crippen molar-refractivity contribution < 1.29 is 24.3 Å². The highest BCUT2D eigenvalue weighted by molar-refractivity contribution is 5.93. The number of H-pyrrole nitrogens is 2. The number of hydrogen-bond acceptors (Lipinski definition) is 6. The molecule has 2 aromatic heterocycles. The molecule has 0 aliphatic carbocycles. The molecule has 0 radical (unpaired) electrons. The first-order valence-electron chi connectivity index (χ1n) is 12.1. The second kappa shape index (κ2) is 12.7. The minimum absolute atomic E-state index is 0.0155. The molecule has 0 saturated carbocycles. The summed E-state index contributed by atoms with van der Waals surface area (Å²) in [6, 6.07) is 4.38. The molecule has 0 spiro atoms. The lowest BCUT2D eigenvalue weighted by molar-refractivity contribution is -0.142. The van der Waals surface area contributed by atoms with Gasteiger partial charge < -0.3 is 36.8 Å². The molecule has 1 aromatic carbocycles. The first kappa shape index (κ1) is 27.4. The van der Waals surface area contributed by atoms with Gasteiger partial charge in [0.25, 0.3) is 0 Å². The molecule has 3 rings (SSSR count). The molecular formula is C25H33N7O5. The van der Waals surface area contributed by atoms with Crippen LogP contribution in [-0.2, 0) is 32.0 Å². The Morgan fingerprint density at radius 2 is 1.81 bits per heavy atom. The molecule has 4 atom stereocenters. The van der Waals surface area contributed by atoms with E-state index in [-0.39, 0.29) is 25.3 Å². The topological polar surface area (TPSA) is 195 Å². The number of hydrogen-bond donors (Lipinski definition) is 7. The third-order valence-electron chi connectivity index (χ3n) is 6.33. The van der Waals surface area contributed by atoms with Gasteiger partial charge in [-0.25, -0.2) is 9.78 Å². The third-order valence-corrected chi connectivity index (χ3v) is 6.33. The number of nitrogens with two attached hydrogens (primary N) is 1. The smallest absolute Gasteiger partial charge is 0.326 e. The monoisotopic (exact) mass is 511 g/mol. The van der Waals surface area contributed by atoms with Crippen molar-refractivity contribution in [3.05, 3.63) is 54.2 Å². The van der Waals surface area contributed by atoms with Crippen LogP contribution in [0.2, 0.25) is 0 Å². The summed E-state index contributed by atoms with van der Waals surface area (Å²) >= 11 is 0. The summed E-state index contributed by atoms with van der Waals surface area (Å²) in [6.07, 6.45) is 5.41. The summed E-state index contributed by atoms with van der Waals surface area (Å²) in [5, 5.41) is 18.1. The molecule has 0 aliphatic rings. The number of rotatable bonds is 13. The fourth-order valence-electron chi connectivity index (χ4n) is 3.86. The number of fused-ring (bicyclic) bond motifs is 1. The molecule has 12 nitrogen and oxygen atoms in total. The van der Waals surface area contributed by atoms with E-state index in [2.05, 4.69) is 30.9 Å². The van der Waals surface area contributed by atoms with Crippen LogP contribution in [0.25, 0.3) is 10.9 Å². The van der Waals surface area contributed by atoms with Crippen molar-refractivity contribution in [1.82, 2.24) is 30.9 Å². The predicted molar refractivity (Wildman–Crippen MR) is 136 cm³/mol. The highest BCUT2D eigenvalue weighted by atomic mass is 16.4. The Morgan fingerprint density at radius 3 is 2.49 bits per heavy atom. The van der Waals surface area contributed by atoms with Gasteiger partial charge >= 0.3 is 5.97 Å². The summed E-state index contributed by atoms with van der Waals surface area (Å²) in [6.45, 7) is 3.38. The van der Waals surface area contributed by atoms with E-state index in [1.807, 2.05) is 38.1 Å². The molecule has 198 valence electrons. The van der Waals surface area contributed by atoms with E-state index in [0.717, 1.165) is 16.5 Å². The van der Waals surface area contributed by atoms with Crippen LogP contribution < -0.4 is 21.7 Å². The number of carboxylic acid groups (broad SMARTS) is 1. The number of aromatic nitrogens is 3. The van der Waals surface area contributed by atoms with E-state index in [1.165, 1.54) is 12.5 Å². The second-order valence-electron chi connectivity index (χ2n) is 8.99. The zero-order chi connectivity index (χ0) is 26.9. The highest BCUT2D eigenvalue weighted by Crippen LogP contribution is 2.19. The van der Waals surface area contributed by atoms with Gasteiger partial charge in [-0.05, 0) is 17.5 Å². The number of carbonyl (C=O) groups excluding carboxylic acids is 3. The number of benzene rings is 1. The van der Waals surface area contributed by atoms with Gasteiger partial charge in [0, 0.05) is 41.8 Å². The normalized spacial score (nSPS) is 14.4. The Morgan fingerprint density at radius 1 is 1.05 bits per heavy atom. The molecule has 2 heterocycles. The van der Waals surface area contributed by atoms with Crippen LogP contribution in [0, 0.1) is 5.92 Å². The predicted octanol–water partition coefficient (Wildman–Crippen LogP) is 0.220. The molecular weight excluding hydrogens is 478 g/mol. The molecule has 12 heteroatoms. The fourth-order valence-corrected chi connectivity index (χ4v) is 3.86. The van der Waals surface area contributed by atoms with Crippen molar-refractivity contribution >= 4 is 34.6 Å². The van der Waals surface area contributed by atoms with E-state index in [9.17, 15) is 24.3 Å². The van der Waals surface area contributed by atoms with Gasteiger partial charge in [0.15, 0.2) is 0 Å². The lowest BCUT2D eigenvalue weighted by Crippen LogP contribution is -2.55. The molecule has 0 fully saturated rings. The van der Waals surface area contributed by atoms with Crippen LogP contribution in [-0.4, -0.2) is 68.4 Å². The van der Waals surface area contributed by atoms with E-state index in [0.29, 0.717) is 12.1 Å². The van der Waals surface area contributed by atoms with Gasteiger partial charge in [0.05, 0.1) is 18.9 Å². The number of carboxylic acids is 1. The zero-order valence-corrected chi connectivity index (χ0v) is 20.8. The summed E-state index contributed by atoms with van der Waals surface area (Å²) in [5.74, 6) is -3.04. The number of imidazole rings is 1. The molecule has 8 N–H and O–H groups in total. The zero-order valence-electron chi connectivity index (χ0n) is 20.8. The van der Waals surface area contributed by atoms with Crippen molar-refractivity contribution in [2.75, 3.05) is 6.54 Å². The van der Waals surface area contributed by atoms with Gasteiger partial charge in [-0.15, -0.1) is 0 Å². The molecule has 4 unspecified atom stereocenters. The van der Waals surface area contributed by atoms with Crippen molar-refractivity contribution in [2.45, 2.75) is 51.2 Å². The molecule has 37 heavy (non-hydrogen) atoms. The van der Waals surface area contributed by atoms with Crippen LogP contribution in [0.4, 0.5) is 0 Å². The third kappa shape index (κ3) is 7.40. The van der Waals surface area contributed by atoms with E-state index in [4.69, 9.17) is 5.73 Å². The van der Waals surface area contributed by atoms with E-state index >= 15 is 0 Å². The van der Waals surface area contributed by atoms with Gasteiger partial charge in [0.1, 0.15) is 12.1 Å². The lowest BCUT2D eigenvalue weighted by Gasteiger charge is -2.22. The van der Waals surface area contributed by atoms with Crippen LogP contribution in [0.5, 0.6) is 0 Å². The Bertz CT molecular complexity index is 1220. The van der Waals surface area contributed by atoms with Gasteiger partial charge in [-0.2, -0.15) is 0 Å². The quantitative estimate of drug-likeness (QED) is 0.170. The van der Waals surface area contributed by atoms with Crippen molar-refractivity contribution in [2.24, 2.45) is 11.7 Å². The standard InChI is InChI=1S/C25H33N7O5/c1-3-14(2)22(26)24(35)29-12-21(33)31-19(8-15-10-28-18-7-5-4-6-17(15)18)23(34)32-20(25(36)37)9-16-11-27-13-30-16/h4-7,10-11,13-14,19-20,22,28H,3,8-9,12,26H2,1-2H3,(H,27,30)(H,29,35)(H,31,33)(H,32,34)(H,36,37). The van der Waals surface area contributed by atoms with Crippen molar-refractivity contribution in [3.63, 3.8) is 0 Å². The lowest BCUT2D eigenvalue weighted by atomic mass is 9.99. The number of aromatic amines is 2. The van der Waals surface area contributed by atoms with Crippen molar-refractivity contribution in [3.8, 4) is 0 Å². The number of nitrogens with one attached hydrogen (secondary N) is 5. The summed E-state index contributed by atoms with van der Waals surface area (Å²) < 4.78 is 0. The maximum Gasteiger partial charge on any atom is 0.326 e. The molecule has 3 amide bonds. The highest BCUT2D eigenvalue weighted by Gasteiger charge is 2.28. The SMILES string of the molecule is CCC(C)C(N)C(=O)NCC(=O)NC(Cc1c[nH]c2ccccc12)C(=O)NC(Cc1cnc[nH]1)C(=O)O. The Balaban J connectivity index is 1.73. The maximum absolute atomic E-state index is 13.2. The number of carbonyl (C=O) groups is 4. The maximum atomic E-state index is 13.2. The molecule has 3 aromatic rings. The summed E-state index contributed by atoms with van der Waals surface area (Å²) in [4.78, 5) is 59.8. The average molecular weight is 512 g/mol. The van der Waals surface area contributed by atoms with Gasteiger partial charge in [-0.3, -0.25) is 14.4 Å². The summed E-state index contributed by atoms with van der Waals surface area (Å²) in [5.41, 5.74) is 8.07. The minimum atomic E-state index is -1.25. The summed E-state index contributed by atoms with van der Waals surface area (Å²) in [7, 11) is 0. The molecule has 0 aliphatic heterocycles.